The molecule has 124 valence electrons. The Kier molecular flexibility index (Phi) is 6.14. The SMILES string of the molecule is CCOCCCC1(CNC2CC2)CCC(C(C)(C)C)CC1. The monoisotopic (exact) mass is 295 g/mol. The highest BCUT2D eigenvalue weighted by molar-refractivity contribution is 4.93. The molecule has 0 spiro atoms. The van der Waals surface area contributed by atoms with E-state index in [0.717, 1.165) is 25.2 Å². The number of hydrogen-bond donors (Lipinski definition) is 1. The van der Waals surface area contributed by atoms with Gasteiger partial charge in [-0.1, -0.05) is 20.8 Å². The summed E-state index contributed by atoms with van der Waals surface area (Å²) in [6.45, 7) is 12.4. The molecule has 0 amide bonds. The molecule has 2 heteroatoms. The summed E-state index contributed by atoms with van der Waals surface area (Å²) in [5.41, 5.74) is 1.04. The highest BCUT2D eigenvalue weighted by atomic mass is 16.5. The van der Waals surface area contributed by atoms with Crippen molar-refractivity contribution in [3.05, 3.63) is 0 Å². The molecule has 2 rings (SSSR count). The third-order valence-electron chi connectivity index (χ3n) is 5.81. The van der Waals surface area contributed by atoms with E-state index >= 15 is 0 Å². The van der Waals surface area contributed by atoms with Gasteiger partial charge in [0.15, 0.2) is 0 Å². The van der Waals surface area contributed by atoms with Crippen molar-refractivity contribution in [2.24, 2.45) is 16.7 Å². The Balaban J connectivity index is 1.83. The van der Waals surface area contributed by atoms with E-state index < -0.39 is 0 Å². The quantitative estimate of drug-likeness (QED) is 0.651. The second kappa shape index (κ2) is 7.46. The van der Waals surface area contributed by atoms with Gasteiger partial charge in [-0.15, -0.1) is 0 Å². The van der Waals surface area contributed by atoms with E-state index in [2.05, 4.69) is 33.0 Å². The van der Waals surface area contributed by atoms with Crippen molar-refractivity contribution in [2.45, 2.75) is 85.1 Å². The maximum Gasteiger partial charge on any atom is 0.0466 e. The molecule has 2 saturated carbocycles. The molecule has 2 aliphatic carbocycles. The zero-order chi connectivity index (χ0) is 15.3. The summed E-state index contributed by atoms with van der Waals surface area (Å²) in [4.78, 5) is 0. The fourth-order valence-electron chi connectivity index (χ4n) is 3.95. The molecule has 0 radical (unpaired) electrons. The number of ether oxygens (including phenoxy) is 1. The number of nitrogens with one attached hydrogen (secondary N) is 1. The minimum atomic E-state index is 0.488. The topological polar surface area (TPSA) is 21.3 Å². The lowest BCUT2D eigenvalue weighted by Crippen LogP contribution is -2.40. The largest absolute Gasteiger partial charge is 0.382 e. The van der Waals surface area contributed by atoms with Gasteiger partial charge in [0.2, 0.25) is 0 Å². The lowest BCUT2D eigenvalue weighted by Gasteiger charge is -2.44. The van der Waals surface area contributed by atoms with Crippen molar-refractivity contribution >= 4 is 0 Å². The van der Waals surface area contributed by atoms with Crippen LogP contribution in [-0.4, -0.2) is 25.8 Å². The third kappa shape index (κ3) is 5.56. The van der Waals surface area contributed by atoms with Crippen LogP contribution in [-0.2, 0) is 4.74 Å². The van der Waals surface area contributed by atoms with Crippen molar-refractivity contribution in [3.8, 4) is 0 Å². The molecule has 0 bridgehead atoms. The van der Waals surface area contributed by atoms with Gasteiger partial charge in [0, 0.05) is 25.8 Å². The third-order valence-corrected chi connectivity index (χ3v) is 5.81. The maximum atomic E-state index is 5.56. The lowest BCUT2D eigenvalue weighted by atomic mass is 9.62. The summed E-state index contributed by atoms with van der Waals surface area (Å²) in [6.07, 6.45) is 11.1. The second-order valence-corrected chi connectivity index (χ2v) is 8.60. The average Bonchev–Trinajstić information content (AvgIpc) is 3.25. The van der Waals surface area contributed by atoms with E-state index in [9.17, 15) is 0 Å². The lowest BCUT2D eigenvalue weighted by molar-refractivity contribution is 0.0653. The van der Waals surface area contributed by atoms with E-state index in [-0.39, 0.29) is 0 Å². The van der Waals surface area contributed by atoms with Gasteiger partial charge in [-0.2, -0.15) is 0 Å². The van der Waals surface area contributed by atoms with Crippen LogP contribution >= 0.6 is 0 Å². The highest BCUT2D eigenvalue weighted by Crippen LogP contribution is 2.47. The van der Waals surface area contributed by atoms with Gasteiger partial charge in [-0.3, -0.25) is 0 Å². The molecule has 0 aromatic rings. The van der Waals surface area contributed by atoms with E-state index in [0.29, 0.717) is 10.8 Å². The molecule has 0 aromatic heterocycles. The van der Waals surface area contributed by atoms with Crippen LogP contribution in [0, 0.1) is 16.7 Å². The molecule has 2 fully saturated rings. The first-order valence-electron chi connectivity index (χ1n) is 9.26. The van der Waals surface area contributed by atoms with Gasteiger partial charge < -0.3 is 10.1 Å². The summed E-state index contributed by atoms with van der Waals surface area (Å²) in [7, 11) is 0. The Bertz CT molecular complexity index is 295. The van der Waals surface area contributed by atoms with E-state index in [1.165, 1.54) is 57.9 Å². The Labute approximate surface area is 132 Å². The Morgan fingerprint density at radius 2 is 1.76 bits per heavy atom. The fourth-order valence-corrected chi connectivity index (χ4v) is 3.95. The first-order chi connectivity index (χ1) is 9.95. The molecule has 21 heavy (non-hydrogen) atoms. The van der Waals surface area contributed by atoms with Crippen LogP contribution in [0.5, 0.6) is 0 Å². The van der Waals surface area contributed by atoms with Crippen LogP contribution in [0.15, 0.2) is 0 Å². The van der Waals surface area contributed by atoms with Crippen LogP contribution in [0.4, 0.5) is 0 Å². The summed E-state index contributed by atoms with van der Waals surface area (Å²) in [5, 5.41) is 3.82. The zero-order valence-corrected chi connectivity index (χ0v) is 14.8. The summed E-state index contributed by atoms with van der Waals surface area (Å²) in [6, 6.07) is 0.842. The van der Waals surface area contributed by atoms with E-state index in [1.807, 2.05) is 0 Å². The Morgan fingerprint density at radius 3 is 2.29 bits per heavy atom. The standard InChI is InChI=1S/C19H37NO/c1-5-21-14-6-11-19(15-20-17-7-8-17)12-9-16(10-13-19)18(2,3)4/h16-17,20H,5-15H2,1-4H3. The van der Waals surface area contributed by atoms with Crippen molar-refractivity contribution in [3.63, 3.8) is 0 Å². The van der Waals surface area contributed by atoms with E-state index in [4.69, 9.17) is 4.74 Å². The van der Waals surface area contributed by atoms with Crippen LogP contribution in [0.3, 0.4) is 0 Å². The highest BCUT2D eigenvalue weighted by Gasteiger charge is 2.39. The molecule has 2 nitrogen and oxygen atoms in total. The molecule has 0 heterocycles. The van der Waals surface area contributed by atoms with Crippen LogP contribution < -0.4 is 5.32 Å². The molecular weight excluding hydrogens is 258 g/mol. The maximum absolute atomic E-state index is 5.56. The van der Waals surface area contributed by atoms with Crippen molar-refractivity contribution in [2.75, 3.05) is 19.8 Å². The predicted molar refractivity (Wildman–Crippen MR) is 90.6 cm³/mol. The predicted octanol–water partition coefficient (Wildman–Crippen LogP) is 4.78. The van der Waals surface area contributed by atoms with Crippen molar-refractivity contribution in [1.29, 1.82) is 0 Å². The van der Waals surface area contributed by atoms with Crippen LogP contribution in [0.2, 0.25) is 0 Å². The number of rotatable bonds is 8. The van der Waals surface area contributed by atoms with Crippen molar-refractivity contribution in [1.82, 2.24) is 5.32 Å². The first-order valence-corrected chi connectivity index (χ1v) is 9.26. The molecule has 0 saturated heterocycles. The van der Waals surface area contributed by atoms with Gasteiger partial charge in [0.1, 0.15) is 0 Å². The molecule has 1 N–H and O–H groups in total. The minimum absolute atomic E-state index is 0.488. The normalized spacial score (nSPS) is 30.6. The Hall–Kier alpha value is -0.0800. The molecule has 0 atom stereocenters. The van der Waals surface area contributed by atoms with Crippen LogP contribution in [0.1, 0.15) is 79.1 Å². The van der Waals surface area contributed by atoms with E-state index in [1.54, 1.807) is 0 Å². The average molecular weight is 296 g/mol. The Morgan fingerprint density at radius 1 is 1.10 bits per heavy atom. The zero-order valence-electron chi connectivity index (χ0n) is 14.8. The summed E-state index contributed by atoms with van der Waals surface area (Å²) >= 11 is 0. The summed E-state index contributed by atoms with van der Waals surface area (Å²) < 4.78 is 5.56. The molecule has 0 aromatic carbocycles. The first kappa shape index (κ1) is 17.3. The van der Waals surface area contributed by atoms with Crippen molar-refractivity contribution < 1.29 is 4.74 Å². The van der Waals surface area contributed by atoms with Gasteiger partial charge >= 0.3 is 0 Å². The molecule has 0 aliphatic heterocycles. The van der Waals surface area contributed by atoms with Gasteiger partial charge in [0.05, 0.1) is 0 Å². The molecular formula is C19H37NO. The minimum Gasteiger partial charge on any atom is -0.382 e. The van der Waals surface area contributed by atoms with Gasteiger partial charge in [-0.25, -0.2) is 0 Å². The van der Waals surface area contributed by atoms with Crippen LogP contribution in [0.25, 0.3) is 0 Å². The molecule has 0 unspecified atom stereocenters. The van der Waals surface area contributed by atoms with Gasteiger partial charge in [0.25, 0.3) is 0 Å². The van der Waals surface area contributed by atoms with Gasteiger partial charge in [-0.05, 0) is 75.0 Å². The smallest absolute Gasteiger partial charge is 0.0466 e. The number of hydrogen-bond acceptors (Lipinski definition) is 2. The molecule has 2 aliphatic rings. The summed E-state index contributed by atoms with van der Waals surface area (Å²) in [5.74, 6) is 0.915. The second-order valence-electron chi connectivity index (χ2n) is 8.60. The fraction of sp³-hybridized carbons (Fsp3) is 1.00.